The molecule has 1 aliphatic rings. The molecular formula is C22H23FN4O3. The van der Waals surface area contributed by atoms with Crippen LogP contribution in [0.2, 0.25) is 0 Å². The van der Waals surface area contributed by atoms with Gasteiger partial charge in [0.1, 0.15) is 5.82 Å². The second kappa shape index (κ2) is 7.85. The number of rotatable bonds is 4. The molecule has 2 aromatic heterocycles. The minimum Gasteiger partial charge on any atom is -0.392 e. The van der Waals surface area contributed by atoms with Crippen molar-refractivity contribution in [2.24, 2.45) is 0 Å². The summed E-state index contributed by atoms with van der Waals surface area (Å²) in [7, 11) is 0. The maximum atomic E-state index is 14.4. The monoisotopic (exact) mass is 410 g/mol. The Morgan fingerprint density at radius 3 is 2.60 bits per heavy atom. The fourth-order valence-electron chi connectivity index (χ4n) is 4.09. The Morgan fingerprint density at radius 2 is 1.93 bits per heavy atom. The zero-order valence-electron chi connectivity index (χ0n) is 16.9. The quantitative estimate of drug-likeness (QED) is 0.714. The van der Waals surface area contributed by atoms with Crippen molar-refractivity contribution in [3.05, 3.63) is 81.2 Å². The summed E-state index contributed by atoms with van der Waals surface area (Å²) >= 11 is 0. The number of aromatic amines is 1. The molecule has 8 heteroatoms. The van der Waals surface area contributed by atoms with Gasteiger partial charge in [-0.3, -0.25) is 9.78 Å². The lowest BCUT2D eigenvalue weighted by Gasteiger charge is -2.39. The predicted molar refractivity (Wildman–Crippen MR) is 108 cm³/mol. The van der Waals surface area contributed by atoms with Crippen molar-refractivity contribution < 1.29 is 13.6 Å². The summed E-state index contributed by atoms with van der Waals surface area (Å²) in [4.78, 5) is 30.7. The number of benzene rings is 1. The summed E-state index contributed by atoms with van der Waals surface area (Å²) in [6.45, 7) is 4.35. The highest BCUT2D eigenvalue weighted by Crippen LogP contribution is 2.37. The van der Waals surface area contributed by atoms with Crippen molar-refractivity contribution in [3.63, 3.8) is 0 Å². The number of pyridine rings is 1. The minimum absolute atomic E-state index is 0.0779. The maximum absolute atomic E-state index is 14.4. The first-order valence-corrected chi connectivity index (χ1v) is 9.91. The Morgan fingerprint density at radius 1 is 1.20 bits per heavy atom. The van der Waals surface area contributed by atoms with E-state index < -0.39 is 17.0 Å². The highest BCUT2D eigenvalue weighted by molar-refractivity contribution is 5.94. The van der Waals surface area contributed by atoms with Crippen LogP contribution in [0.15, 0.2) is 45.6 Å². The molecule has 0 aliphatic carbocycles. The number of amides is 1. The number of aryl methyl sites for hydroxylation is 2. The number of nitrogens with one attached hydrogen (secondary N) is 1. The molecule has 4 rings (SSSR count). The van der Waals surface area contributed by atoms with Gasteiger partial charge in [0.15, 0.2) is 0 Å². The third-order valence-electron chi connectivity index (χ3n) is 5.79. The van der Waals surface area contributed by atoms with Crippen LogP contribution in [0.1, 0.15) is 46.0 Å². The maximum Gasteiger partial charge on any atom is 0.434 e. The molecule has 0 spiro atoms. The average Bonchev–Trinajstić information content (AvgIpc) is 3.17. The van der Waals surface area contributed by atoms with Gasteiger partial charge in [0, 0.05) is 30.9 Å². The standard InChI is InChI=1S/C22H23FN4O3/c1-14-5-3-8-17(18(14)23)19(28)27-11-9-22(10-12-27,20-25-26-21(29)30-20)13-16-7-4-6-15(2)24-16/h3-8H,9-13H2,1-2H3,(H,26,29). The van der Waals surface area contributed by atoms with Gasteiger partial charge in [0.25, 0.3) is 5.91 Å². The lowest BCUT2D eigenvalue weighted by atomic mass is 9.74. The Labute approximate surface area is 172 Å². The van der Waals surface area contributed by atoms with Crippen molar-refractivity contribution in [3.8, 4) is 0 Å². The van der Waals surface area contributed by atoms with Crippen molar-refractivity contribution in [1.29, 1.82) is 0 Å². The largest absolute Gasteiger partial charge is 0.434 e. The molecule has 1 saturated heterocycles. The third kappa shape index (κ3) is 3.77. The molecule has 0 unspecified atom stereocenters. The van der Waals surface area contributed by atoms with Crippen LogP contribution >= 0.6 is 0 Å². The van der Waals surface area contributed by atoms with E-state index in [1.807, 2.05) is 25.1 Å². The van der Waals surface area contributed by atoms with Gasteiger partial charge in [-0.1, -0.05) is 18.2 Å². The molecule has 156 valence electrons. The van der Waals surface area contributed by atoms with E-state index in [1.165, 1.54) is 6.07 Å². The molecule has 1 N–H and O–H groups in total. The number of piperidine rings is 1. The van der Waals surface area contributed by atoms with Gasteiger partial charge in [0.05, 0.1) is 11.0 Å². The van der Waals surface area contributed by atoms with Gasteiger partial charge < -0.3 is 9.32 Å². The lowest BCUT2D eigenvalue weighted by Crippen LogP contribution is -2.46. The van der Waals surface area contributed by atoms with Crippen LogP contribution in [0.4, 0.5) is 4.39 Å². The average molecular weight is 410 g/mol. The number of halogens is 1. The van der Waals surface area contributed by atoms with Crippen LogP contribution in [0, 0.1) is 19.7 Å². The summed E-state index contributed by atoms with van der Waals surface area (Å²) < 4.78 is 19.8. The third-order valence-corrected chi connectivity index (χ3v) is 5.79. The Bertz CT molecular complexity index is 1130. The molecule has 7 nitrogen and oxygen atoms in total. The molecule has 1 amide bonds. The molecular weight excluding hydrogens is 387 g/mol. The van der Waals surface area contributed by atoms with E-state index >= 15 is 0 Å². The van der Waals surface area contributed by atoms with Crippen LogP contribution in [0.3, 0.4) is 0 Å². The van der Waals surface area contributed by atoms with Gasteiger partial charge in [0.2, 0.25) is 5.89 Å². The van der Waals surface area contributed by atoms with E-state index in [1.54, 1.807) is 24.0 Å². The van der Waals surface area contributed by atoms with Crippen molar-refractivity contribution in [1.82, 2.24) is 20.1 Å². The van der Waals surface area contributed by atoms with Crippen molar-refractivity contribution >= 4 is 5.91 Å². The van der Waals surface area contributed by atoms with Gasteiger partial charge in [-0.05, 0) is 50.5 Å². The molecule has 3 aromatic rings. The van der Waals surface area contributed by atoms with Crippen LogP contribution in [0.25, 0.3) is 0 Å². The summed E-state index contributed by atoms with van der Waals surface area (Å²) in [5.74, 6) is -1.10. The summed E-state index contributed by atoms with van der Waals surface area (Å²) in [5, 5.41) is 6.43. The smallest absolute Gasteiger partial charge is 0.392 e. The molecule has 3 heterocycles. The topological polar surface area (TPSA) is 92.1 Å². The molecule has 1 aromatic carbocycles. The Kier molecular flexibility index (Phi) is 5.24. The van der Waals surface area contributed by atoms with Crippen LogP contribution in [-0.4, -0.2) is 39.1 Å². The number of aromatic nitrogens is 3. The van der Waals surface area contributed by atoms with Crippen LogP contribution < -0.4 is 5.76 Å². The van der Waals surface area contributed by atoms with E-state index in [9.17, 15) is 14.0 Å². The van der Waals surface area contributed by atoms with Crippen LogP contribution in [-0.2, 0) is 11.8 Å². The fourth-order valence-corrected chi connectivity index (χ4v) is 4.09. The van der Waals surface area contributed by atoms with Crippen molar-refractivity contribution in [2.45, 2.75) is 38.5 Å². The van der Waals surface area contributed by atoms with Gasteiger partial charge >= 0.3 is 5.76 Å². The van der Waals surface area contributed by atoms with E-state index in [4.69, 9.17) is 4.42 Å². The lowest BCUT2D eigenvalue weighted by molar-refractivity contribution is 0.0636. The second-order valence-electron chi connectivity index (χ2n) is 7.87. The number of likely N-dealkylation sites (tertiary alicyclic amines) is 1. The highest BCUT2D eigenvalue weighted by Gasteiger charge is 2.42. The normalized spacial score (nSPS) is 15.9. The van der Waals surface area contributed by atoms with E-state index in [0.717, 1.165) is 11.4 Å². The Balaban J connectivity index is 1.59. The highest BCUT2D eigenvalue weighted by atomic mass is 19.1. The number of carbonyl (C=O) groups is 1. The summed E-state index contributed by atoms with van der Waals surface area (Å²) in [6, 6.07) is 10.6. The first-order valence-electron chi connectivity index (χ1n) is 9.91. The first-order chi connectivity index (χ1) is 14.4. The molecule has 1 aliphatic heterocycles. The van der Waals surface area contributed by atoms with E-state index in [2.05, 4.69) is 15.2 Å². The fraction of sp³-hybridized carbons (Fsp3) is 0.364. The van der Waals surface area contributed by atoms with E-state index in [-0.39, 0.29) is 11.5 Å². The zero-order chi connectivity index (χ0) is 21.3. The molecule has 0 bridgehead atoms. The predicted octanol–water partition coefficient (Wildman–Crippen LogP) is 2.93. The van der Waals surface area contributed by atoms with E-state index in [0.29, 0.717) is 43.8 Å². The first kappa shape index (κ1) is 20.0. The van der Waals surface area contributed by atoms with Gasteiger partial charge in [-0.25, -0.2) is 14.3 Å². The van der Waals surface area contributed by atoms with Gasteiger partial charge in [-0.2, -0.15) is 0 Å². The molecule has 30 heavy (non-hydrogen) atoms. The Hall–Kier alpha value is -3.29. The number of nitrogens with zero attached hydrogens (tertiary/aromatic N) is 3. The van der Waals surface area contributed by atoms with Gasteiger partial charge in [-0.15, -0.1) is 5.10 Å². The molecule has 0 saturated carbocycles. The summed E-state index contributed by atoms with van der Waals surface area (Å²) in [5.41, 5.74) is 1.71. The van der Waals surface area contributed by atoms with Crippen LogP contribution in [0.5, 0.6) is 0 Å². The minimum atomic E-state index is -0.609. The number of hydrogen-bond acceptors (Lipinski definition) is 5. The second-order valence-corrected chi connectivity index (χ2v) is 7.87. The zero-order valence-corrected chi connectivity index (χ0v) is 16.9. The summed E-state index contributed by atoms with van der Waals surface area (Å²) in [6.07, 6.45) is 1.58. The molecule has 0 radical (unpaired) electrons. The SMILES string of the molecule is Cc1cccc(CC2(c3n[nH]c(=O)o3)CCN(C(=O)c3cccc(C)c3F)CC2)n1. The number of hydrogen-bond donors (Lipinski definition) is 1. The molecule has 1 fully saturated rings. The number of carbonyl (C=O) groups excluding carboxylic acids is 1. The molecule has 0 atom stereocenters. The van der Waals surface area contributed by atoms with Crippen molar-refractivity contribution in [2.75, 3.05) is 13.1 Å². The number of H-pyrrole nitrogens is 1.